The van der Waals surface area contributed by atoms with Gasteiger partial charge in [-0.05, 0) is 99.9 Å². The Labute approximate surface area is 270 Å². The summed E-state index contributed by atoms with van der Waals surface area (Å²) in [7, 11) is 0. The molecule has 1 aromatic carbocycles. The summed E-state index contributed by atoms with van der Waals surface area (Å²) in [5.74, 6) is -0.117. The molecule has 3 N–H and O–H groups in total. The topological polar surface area (TPSA) is 92.3 Å². The lowest BCUT2D eigenvalue weighted by molar-refractivity contribution is 0.159. The summed E-state index contributed by atoms with van der Waals surface area (Å²) in [5, 5.41) is 4.47. The highest BCUT2D eigenvalue weighted by molar-refractivity contribution is 5.85. The summed E-state index contributed by atoms with van der Waals surface area (Å²) >= 11 is 0. The van der Waals surface area contributed by atoms with Crippen molar-refractivity contribution in [3.63, 3.8) is 0 Å². The molecule has 2 saturated heterocycles. The third-order valence-electron chi connectivity index (χ3n) is 9.69. The maximum Gasteiger partial charge on any atom is 0.195 e. The molecule has 0 spiro atoms. The predicted octanol–water partition coefficient (Wildman–Crippen LogP) is 5.58. The third-order valence-corrected chi connectivity index (χ3v) is 9.69. The van der Waals surface area contributed by atoms with E-state index in [1.54, 1.807) is 6.07 Å². The van der Waals surface area contributed by atoms with Crippen molar-refractivity contribution in [2.75, 3.05) is 31.1 Å². The SMILES string of the molecule is Cc1ccc(N2CCC[C@H](C(NC(c3cn(C4CC4)c4ccc(F)cc4c3=O)N3CC[C@@H](N)C3)c3ccnc(C)c3)C2)cn1.Cl. The Morgan fingerprint density at radius 1 is 0.978 bits per heavy atom. The summed E-state index contributed by atoms with van der Waals surface area (Å²) in [6, 6.07) is 13.4. The molecule has 0 bridgehead atoms. The van der Waals surface area contributed by atoms with Crippen LogP contribution < -0.4 is 21.4 Å². The van der Waals surface area contributed by atoms with Gasteiger partial charge in [0.05, 0.1) is 23.6 Å². The van der Waals surface area contributed by atoms with Crippen molar-refractivity contribution in [1.82, 2.24) is 24.8 Å². The van der Waals surface area contributed by atoms with E-state index in [9.17, 15) is 9.18 Å². The number of anilines is 1. The number of likely N-dealkylation sites (tertiary alicyclic amines) is 1. The second-order valence-electron chi connectivity index (χ2n) is 13.0. The first-order valence-electron chi connectivity index (χ1n) is 16.0. The van der Waals surface area contributed by atoms with Gasteiger partial charge in [0.1, 0.15) is 5.82 Å². The van der Waals surface area contributed by atoms with Crippen LogP contribution in [0.25, 0.3) is 10.9 Å². The monoisotopic (exact) mass is 631 g/mol. The molecule has 4 aromatic rings. The molecule has 3 aromatic heterocycles. The molecule has 10 heteroatoms. The molecule has 8 nitrogen and oxygen atoms in total. The fourth-order valence-electron chi connectivity index (χ4n) is 7.24. The predicted molar refractivity (Wildman–Crippen MR) is 179 cm³/mol. The summed E-state index contributed by atoms with van der Waals surface area (Å²) in [6.45, 7) is 7.36. The van der Waals surface area contributed by atoms with Gasteiger partial charge in [-0.1, -0.05) is 0 Å². The number of aryl methyl sites for hydroxylation is 2. The average Bonchev–Trinajstić information content (AvgIpc) is 3.78. The molecule has 238 valence electrons. The summed E-state index contributed by atoms with van der Waals surface area (Å²) < 4.78 is 16.8. The van der Waals surface area contributed by atoms with Crippen molar-refractivity contribution in [2.45, 2.75) is 70.2 Å². The van der Waals surface area contributed by atoms with Crippen LogP contribution in [0.3, 0.4) is 0 Å². The number of hydrogen-bond donors (Lipinski definition) is 2. The van der Waals surface area contributed by atoms with Crippen LogP contribution in [0.5, 0.6) is 0 Å². The van der Waals surface area contributed by atoms with Crippen molar-refractivity contribution in [3.8, 4) is 0 Å². The van der Waals surface area contributed by atoms with Crippen LogP contribution >= 0.6 is 12.4 Å². The van der Waals surface area contributed by atoms with Crippen LogP contribution in [0.1, 0.15) is 72.9 Å². The van der Waals surface area contributed by atoms with Crippen LogP contribution in [-0.4, -0.2) is 51.7 Å². The number of rotatable bonds is 8. The molecule has 0 radical (unpaired) electrons. The van der Waals surface area contributed by atoms with Gasteiger partial charge < -0.3 is 15.2 Å². The zero-order valence-electron chi connectivity index (χ0n) is 26.0. The Morgan fingerprint density at radius 2 is 1.82 bits per heavy atom. The zero-order valence-corrected chi connectivity index (χ0v) is 26.8. The van der Waals surface area contributed by atoms with Gasteiger partial charge in [-0.3, -0.25) is 25.0 Å². The number of piperidine rings is 1. The van der Waals surface area contributed by atoms with Crippen LogP contribution in [0.2, 0.25) is 0 Å². The Morgan fingerprint density at radius 3 is 2.53 bits per heavy atom. The highest BCUT2D eigenvalue weighted by Gasteiger charge is 2.37. The molecule has 2 unspecified atom stereocenters. The molecule has 3 aliphatic rings. The minimum absolute atomic E-state index is 0. The molecule has 1 aliphatic carbocycles. The van der Waals surface area contributed by atoms with Gasteiger partial charge in [-0.2, -0.15) is 0 Å². The van der Waals surface area contributed by atoms with Gasteiger partial charge in [-0.15, -0.1) is 12.4 Å². The van der Waals surface area contributed by atoms with Gasteiger partial charge >= 0.3 is 0 Å². The first kappa shape index (κ1) is 31.6. The van der Waals surface area contributed by atoms with Crippen molar-refractivity contribution in [1.29, 1.82) is 0 Å². The number of nitrogens with zero attached hydrogens (tertiary/aromatic N) is 5. The minimum atomic E-state index is -0.389. The number of fused-ring (bicyclic) bond motifs is 1. The van der Waals surface area contributed by atoms with E-state index in [0.29, 0.717) is 23.5 Å². The molecule has 45 heavy (non-hydrogen) atoms. The molecule has 3 fully saturated rings. The summed E-state index contributed by atoms with van der Waals surface area (Å²) in [5.41, 5.74) is 12.1. The number of hydrogen-bond acceptors (Lipinski definition) is 7. The van der Waals surface area contributed by atoms with Gasteiger partial charge in [0.25, 0.3) is 0 Å². The second kappa shape index (κ2) is 13.2. The van der Waals surface area contributed by atoms with E-state index in [4.69, 9.17) is 5.73 Å². The van der Waals surface area contributed by atoms with E-state index >= 15 is 0 Å². The van der Waals surface area contributed by atoms with Crippen LogP contribution in [0.4, 0.5) is 10.1 Å². The number of halogens is 2. The van der Waals surface area contributed by atoms with Crippen molar-refractivity contribution in [2.24, 2.45) is 11.7 Å². The van der Waals surface area contributed by atoms with E-state index in [2.05, 4.69) is 53.9 Å². The minimum Gasteiger partial charge on any atom is -0.370 e. The van der Waals surface area contributed by atoms with Crippen molar-refractivity contribution >= 4 is 29.0 Å². The molecular weight excluding hydrogens is 589 g/mol. The quantitative estimate of drug-likeness (QED) is 0.262. The normalized spacial score (nSPS) is 21.9. The van der Waals surface area contributed by atoms with Crippen molar-refractivity contribution < 1.29 is 4.39 Å². The zero-order chi connectivity index (χ0) is 30.4. The van der Waals surface area contributed by atoms with Crippen molar-refractivity contribution in [3.05, 3.63) is 99.6 Å². The Bertz CT molecular complexity index is 1710. The molecule has 1 saturated carbocycles. The average molecular weight is 632 g/mol. The van der Waals surface area contributed by atoms with Gasteiger partial charge in [0, 0.05) is 79.0 Å². The first-order valence-corrected chi connectivity index (χ1v) is 16.0. The van der Waals surface area contributed by atoms with Crippen LogP contribution in [0.15, 0.2) is 65.8 Å². The highest BCUT2D eigenvalue weighted by atomic mass is 35.5. The Kier molecular flexibility index (Phi) is 9.24. The lowest BCUT2D eigenvalue weighted by atomic mass is 9.85. The van der Waals surface area contributed by atoms with E-state index < -0.39 is 0 Å². The number of nitrogens with one attached hydrogen (secondary N) is 1. The van der Waals surface area contributed by atoms with Crippen LogP contribution in [-0.2, 0) is 0 Å². The van der Waals surface area contributed by atoms with Gasteiger partial charge in [0.2, 0.25) is 0 Å². The lowest BCUT2D eigenvalue weighted by Gasteiger charge is -2.41. The molecule has 4 atom stereocenters. The van der Waals surface area contributed by atoms with E-state index in [1.807, 2.05) is 32.4 Å². The smallest absolute Gasteiger partial charge is 0.195 e. The number of nitrogens with two attached hydrogens (primary N) is 1. The second-order valence-corrected chi connectivity index (χ2v) is 13.0. The van der Waals surface area contributed by atoms with Crippen LogP contribution in [0, 0.1) is 25.6 Å². The fraction of sp³-hybridized carbons (Fsp3) is 0.457. The molecule has 2 aliphatic heterocycles. The number of benzene rings is 1. The highest BCUT2D eigenvalue weighted by Crippen LogP contribution is 2.39. The lowest BCUT2D eigenvalue weighted by Crippen LogP contribution is -2.47. The van der Waals surface area contributed by atoms with E-state index in [1.165, 1.54) is 12.1 Å². The van der Waals surface area contributed by atoms with Gasteiger partial charge in [-0.25, -0.2) is 4.39 Å². The molecule has 7 rings (SSSR count). The number of pyridine rings is 3. The van der Waals surface area contributed by atoms with E-state index in [0.717, 1.165) is 79.9 Å². The molecule has 5 heterocycles. The first-order chi connectivity index (χ1) is 21.3. The Hall–Kier alpha value is -3.37. The third kappa shape index (κ3) is 6.63. The Balaban J connectivity index is 0.00000357. The number of aromatic nitrogens is 3. The van der Waals surface area contributed by atoms with E-state index in [-0.39, 0.29) is 47.8 Å². The maximum atomic E-state index is 14.6. The molecule has 0 amide bonds. The fourth-order valence-corrected chi connectivity index (χ4v) is 7.24. The maximum absolute atomic E-state index is 14.6. The standard InChI is InChI=1S/C35H42FN7O.ClH/c1-22-5-7-29(18-39-22)41-14-3-4-25(19-41)33(24-11-13-38-23(2)16-24)40-35(42-15-12-27(37)20-42)31-21-43(28-8-9-28)32-10-6-26(36)17-30(32)34(31)44;/h5-7,10-11,13,16-18,21,25,27-28,33,35,40H,3-4,8-9,12,14-15,19-20,37H2,1-2H3;1H/t25-,27+,33?,35?;/m0./s1. The summed E-state index contributed by atoms with van der Waals surface area (Å²) in [6.07, 6.45) is 10.6. The largest absolute Gasteiger partial charge is 0.370 e. The van der Waals surface area contributed by atoms with Gasteiger partial charge in [0.15, 0.2) is 5.43 Å². The molecular formula is C35H43ClFN7O. The summed E-state index contributed by atoms with van der Waals surface area (Å²) in [4.78, 5) is 28.1.